The number of carbonyl (C=O) groups is 1. The van der Waals surface area contributed by atoms with Crippen molar-refractivity contribution in [2.45, 2.75) is 19.8 Å². The normalized spacial score (nSPS) is 10.2. The van der Waals surface area contributed by atoms with Gasteiger partial charge in [-0.1, -0.05) is 13.0 Å². The molecule has 2 rings (SSSR count). The summed E-state index contributed by atoms with van der Waals surface area (Å²) in [5, 5.41) is 15.9. The van der Waals surface area contributed by atoms with E-state index in [2.05, 4.69) is 33.8 Å². The van der Waals surface area contributed by atoms with Gasteiger partial charge in [0.2, 0.25) is 0 Å². The molecule has 0 aliphatic heterocycles. The quantitative estimate of drug-likeness (QED) is 0.821. The lowest BCUT2D eigenvalue weighted by Gasteiger charge is -2.05. The number of nitrogens with zero attached hydrogens (tertiary/aromatic N) is 2. The molecule has 0 aliphatic rings. The molecule has 0 saturated carbocycles. The minimum Gasteiger partial charge on any atom is -0.369 e. The van der Waals surface area contributed by atoms with Crippen molar-refractivity contribution in [3.8, 4) is 0 Å². The zero-order chi connectivity index (χ0) is 14.2. The Kier molecular flexibility index (Phi) is 5.49. The van der Waals surface area contributed by atoms with Crippen LogP contribution < -0.4 is 10.6 Å². The van der Waals surface area contributed by atoms with Gasteiger partial charge in [0.25, 0.3) is 5.91 Å². The van der Waals surface area contributed by atoms with E-state index in [-0.39, 0.29) is 5.91 Å². The van der Waals surface area contributed by atoms with Crippen molar-refractivity contribution in [2.24, 2.45) is 0 Å². The van der Waals surface area contributed by atoms with Crippen LogP contribution in [0.5, 0.6) is 0 Å². The molecule has 6 heteroatoms. The van der Waals surface area contributed by atoms with Gasteiger partial charge in [-0.15, -0.1) is 21.5 Å². The lowest BCUT2D eigenvalue weighted by molar-refractivity contribution is 0.0948. The lowest BCUT2D eigenvalue weighted by Crippen LogP contribution is -2.26. The second-order valence-corrected chi connectivity index (χ2v) is 5.35. The fraction of sp³-hybridized carbons (Fsp3) is 0.357. The molecule has 2 heterocycles. The van der Waals surface area contributed by atoms with Crippen LogP contribution in [0.2, 0.25) is 0 Å². The van der Waals surface area contributed by atoms with Gasteiger partial charge >= 0.3 is 0 Å². The van der Waals surface area contributed by atoms with Gasteiger partial charge in [0.15, 0.2) is 5.69 Å². The van der Waals surface area contributed by atoms with E-state index in [0.29, 0.717) is 18.1 Å². The van der Waals surface area contributed by atoms with Crippen LogP contribution >= 0.6 is 11.3 Å². The minimum absolute atomic E-state index is 0.184. The average Bonchev–Trinajstić information content (AvgIpc) is 2.99. The first-order chi connectivity index (χ1) is 9.79. The number of carbonyl (C=O) groups excluding carboxylic acids is 1. The number of hydrogen-bond acceptors (Lipinski definition) is 5. The Morgan fingerprint density at radius 2 is 2.15 bits per heavy atom. The maximum Gasteiger partial charge on any atom is 0.271 e. The van der Waals surface area contributed by atoms with Crippen LogP contribution in [-0.4, -0.2) is 29.2 Å². The molecule has 0 spiro atoms. The fourth-order valence-corrected chi connectivity index (χ4v) is 2.35. The molecule has 1 amide bonds. The van der Waals surface area contributed by atoms with Crippen molar-refractivity contribution in [1.82, 2.24) is 15.5 Å². The molecular formula is C14H18N4OS. The Labute approximate surface area is 122 Å². The summed E-state index contributed by atoms with van der Waals surface area (Å²) in [4.78, 5) is 13.1. The molecule has 0 atom stereocenters. The third kappa shape index (κ3) is 4.31. The summed E-state index contributed by atoms with van der Waals surface area (Å²) < 4.78 is 0. The highest BCUT2D eigenvalue weighted by molar-refractivity contribution is 7.09. The third-order valence-corrected chi connectivity index (χ3v) is 3.63. The second-order valence-electron chi connectivity index (χ2n) is 4.32. The SMILES string of the molecule is CCCNc1ccc(C(=O)NCCc2cccs2)nn1. The van der Waals surface area contributed by atoms with Gasteiger partial charge in [0.05, 0.1) is 0 Å². The number of nitrogens with one attached hydrogen (secondary N) is 2. The highest BCUT2D eigenvalue weighted by Crippen LogP contribution is 2.08. The van der Waals surface area contributed by atoms with E-state index < -0.39 is 0 Å². The van der Waals surface area contributed by atoms with E-state index in [0.717, 1.165) is 19.4 Å². The van der Waals surface area contributed by atoms with Crippen molar-refractivity contribution in [3.05, 3.63) is 40.2 Å². The number of anilines is 1. The molecule has 0 aliphatic carbocycles. The molecule has 2 aromatic rings. The van der Waals surface area contributed by atoms with Gasteiger partial charge < -0.3 is 10.6 Å². The molecule has 0 fully saturated rings. The van der Waals surface area contributed by atoms with Crippen LogP contribution in [0, 0.1) is 0 Å². The van der Waals surface area contributed by atoms with Gasteiger partial charge in [-0.2, -0.15) is 0 Å². The molecule has 20 heavy (non-hydrogen) atoms. The van der Waals surface area contributed by atoms with E-state index in [9.17, 15) is 4.79 Å². The average molecular weight is 290 g/mol. The first-order valence-corrected chi connectivity index (χ1v) is 7.55. The van der Waals surface area contributed by atoms with Crippen LogP contribution in [0.1, 0.15) is 28.7 Å². The predicted octanol–water partition coefficient (Wildman–Crippen LogP) is 2.33. The van der Waals surface area contributed by atoms with Gasteiger partial charge in [0, 0.05) is 18.0 Å². The van der Waals surface area contributed by atoms with E-state index in [1.54, 1.807) is 23.5 Å². The second kappa shape index (κ2) is 7.59. The fourth-order valence-electron chi connectivity index (χ4n) is 1.65. The van der Waals surface area contributed by atoms with Crippen molar-refractivity contribution in [2.75, 3.05) is 18.4 Å². The third-order valence-electron chi connectivity index (χ3n) is 2.69. The Bertz CT molecular complexity index is 525. The Balaban J connectivity index is 1.79. The monoisotopic (exact) mass is 290 g/mol. The van der Waals surface area contributed by atoms with E-state index in [1.807, 2.05) is 11.4 Å². The first kappa shape index (κ1) is 14.5. The van der Waals surface area contributed by atoms with Crippen LogP contribution in [0.3, 0.4) is 0 Å². The predicted molar refractivity (Wildman–Crippen MR) is 81.2 cm³/mol. The highest BCUT2D eigenvalue weighted by atomic mass is 32.1. The summed E-state index contributed by atoms with van der Waals surface area (Å²) in [5.41, 5.74) is 0.346. The standard InChI is InChI=1S/C14H18N4OS/c1-2-8-15-13-6-5-12(17-18-13)14(19)16-9-7-11-4-3-10-20-11/h3-6,10H,2,7-9H2,1H3,(H,15,18)(H,16,19). The molecular weight excluding hydrogens is 272 g/mol. The zero-order valence-corrected chi connectivity index (χ0v) is 12.2. The van der Waals surface area contributed by atoms with Gasteiger partial charge in [0.1, 0.15) is 5.82 Å². The molecule has 0 aromatic carbocycles. The largest absolute Gasteiger partial charge is 0.369 e. The van der Waals surface area contributed by atoms with Crippen molar-refractivity contribution in [1.29, 1.82) is 0 Å². The molecule has 2 N–H and O–H groups in total. The highest BCUT2D eigenvalue weighted by Gasteiger charge is 2.07. The molecule has 5 nitrogen and oxygen atoms in total. The number of amides is 1. The summed E-state index contributed by atoms with van der Waals surface area (Å²) in [6, 6.07) is 7.53. The minimum atomic E-state index is -0.184. The Morgan fingerprint density at radius 1 is 1.25 bits per heavy atom. The summed E-state index contributed by atoms with van der Waals surface area (Å²) in [6.07, 6.45) is 1.86. The van der Waals surface area contributed by atoms with Crippen molar-refractivity contribution >= 4 is 23.1 Å². The van der Waals surface area contributed by atoms with Gasteiger partial charge in [-0.3, -0.25) is 4.79 Å². The van der Waals surface area contributed by atoms with Gasteiger partial charge in [-0.05, 0) is 36.4 Å². The van der Waals surface area contributed by atoms with E-state index >= 15 is 0 Å². The van der Waals surface area contributed by atoms with E-state index in [4.69, 9.17) is 0 Å². The molecule has 106 valence electrons. The first-order valence-electron chi connectivity index (χ1n) is 6.67. The number of hydrogen-bond donors (Lipinski definition) is 2. The summed E-state index contributed by atoms with van der Waals surface area (Å²) in [5.74, 6) is 0.512. The topological polar surface area (TPSA) is 66.9 Å². The Hall–Kier alpha value is -1.95. The summed E-state index contributed by atoms with van der Waals surface area (Å²) >= 11 is 1.69. The van der Waals surface area contributed by atoms with Crippen molar-refractivity contribution < 1.29 is 4.79 Å². The number of thiophene rings is 1. The number of rotatable bonds is 7. The van der Waals surface area contributed by atoms with Crippen LogP contribution in [-0.2, 0) is 6.42 Å². The Morgan fingerprint density at radius 3 is 2.80 bits per heavy atom. The molecule has 0 radical (unpaired) electrons. The molecule has 2 aromatic heterocycles. The zero-order valence-electron chi connectivity index (χ0n) is 11.4. The molecule has 0 saturated heterocycles. The van der Waals surface area contributed by atoms with Crippen LogP contribution in [0.4, 0.5) is 5.82 Å². The molecule has 0 bridgehead atoms. The lowest BCUT2D eigenvalue weighted by atomic mass is 10.3. The van der Waals surface area contributed by atoms with Crippen molar-refractivity contribution in [3.63, 3.8) is 0 Å². The number of aromatic nitrogens is 2. The van der Waals surface area contributed by atoms with E-state index in [1.165, 1.54) is 4.88 Å². The molecule has 0 unspecified atom stereocenters. The van der Waals surface area contributed by atoms with Gasteiger partial charge in [-0.25, -0.2) is 0 Å². The van der Waals surface area contributed by atoms with Crippen LogP contribution in [0.25, 0.3) is 0 Å². The summed E-state index contributed by atoms with van der Waals surface area (Å²) in [6.45, 7) is 3.54. The maximum absolute atomic E-state index is 11.9. The maximum atomic E-state index is 11.9. The van der Waals surface area contributed by atoms with Crippen LogP contribution in [0.15, 0.2) is 29.6 Å². The smallest absolute Gasteiger partial charge is 0.271 e. The summed E-state index contributed by atoms with van der Waals surface area (Å²) in [7, 11) is 0.